The van der Waals surface area contributed by atoms with Crippen LogP contribution in [0.5, 0.6) is 11.5 Å². The molecule has 0 aliphatic carbocycles. The average molecular weight is 288 g/mol. The third-order valence-corrected chi connectivity index (χ3v) is 3.58. The first-order valence-electron chi connectivity index (χ1n) is 6.22. The van der Waals surface area contributed by atoms with E-state index in [1.54, 1.807) is 14.2 Å². The van der Waals surface area contributed by atoms with Crippen molar-refractivity contribution in [3.8, 4) is 22.8 Å². The Bertz CT molecular complexity index is 742. The van der Waals surface area contributed by atoms with Crippen LogP contribution in [0.2, 0.25) is 5.02 Å². The molecule has 3 rings (SSSR count). The van der Waals surface area contributed by atoms with E-state index in [1.807, 2.05) is 36.4 Å². The van der Waals surface area contributed by atoms with Crippen LogP contribution in [0.3, 0.4) is 0 Å². The number of methoxy groups -OCH3 is 2. The molecular weight excluding hydrogens is 274 g/mol. The molecule has 2 aromatic carbocycles. The highest BCUT2D eigenvalue weighted by Crippen LogP contribution is 2.32. The number of fused-ring (bicyclic) bond motifs is 1. The number of rotatable bonds is 3. The molecule has 0 unspecified atom stereocenters. The van der Waals surface area contributed by atoms with Crippen LogP contribution in [0.15, 0.2) is 42.5 Å². The minimum absolute atomic E-state index is 0.712. The zero-order chi connectivity index (χ0) is 14.1. The molecule has 0 spiro atoms. The van der Waals surface area contributed by atoms with Crippen LogP contribution in [0.4, 0.5) is 0 Å². The summed E-state index contributed by atoms with van der Waals surface area (Å²) in [5, 5.41) is 1.79. The molecule has 0 aliphatic heterocycles. The van der Waals surface area contributed by atoms with E-state index < -0.39 is 0 Å². The van der Waals surface area contributed by atoms with Crippen LogP contribution < -0.4 is 9.47 Å². The smallest absolute Gasteiger partial charge is 0.123 e. The van der Waals surface area contributed by atoms with Gasteiger partial charge in [-0.05, 0) is 24.3 Å². The van der Waals surface area contributed by atoms with Crippen LogP contribution in [-0.2, 0) is 0 Å². The van der Waals surface area contributed by atoms with Gasteiger partial charge in [0.15, 0.2) is 0 Å². The van der Waals surface area contributed by atoms with Crippen molar-refractivity contribution in [1.82, 2.24) is 4.98 Å². The quantitative estimate of drug-likeness (QED) is 0.769. The molecule has 20 heavy (non-hydrogen) atoms. The number of para-hydroxylation sites is 1. The SMILES string of the molecule is COc1cc(OC)cc(-c2cc3cccc(Cl)c3[nH]2)c1. The molecule has 3 aromatic rings. The number of ether oxygens (including phenoxy) is 2. The number of hydrogen-bond donors (Lipinski definition) is 1. The van der Waals surface area contributed by atoms with E-state index in [0.29, 0.717) is 5.02 Å². The van der Waals surface area contributed by atoms with Gasteiger partial charge >= 0.3 is 0 Å². The Labute approximate surface area is 122 Å². The van der Waals surface area contributed by atoms with Crippen molar-refractivity contribution in [2.45, 2.75) is 0 Å². The summed E-state index contributed by atoms with van der Waals surface area (Å²) < 4.78 is 10.6. The molecule has 0 atom stereocenters. The molecule has 4 heteroatoms. The maximum absolute atomic E-state index is 6.19. The van der Waals surface area contributed by atoms with Gasteiger partial charge in [0.05, 0.1) is 24.8 Å². The third kappa shape index (κ3) is 2.21. The Morgan fingerprint density at radius 2 is 1.65 bits per heavy atom. The fourth-order valence-electron chi connectivity index (χ4n) is 2.24. The third-order valence-electron chi connectivity index (χ3n) is 3.27. The van der Waals surface area contributed by atoms with Gasteiger partial charge in [0.25, 0.3) is 0 Å². The zero-order valence-corrected chi connectivity index (χ0v) is 12.0. The van der Waals surface area contributed by atoms with Crippen molar-refractivity contribution >= 4 is 22.5 Å². The first kappa shape index (κ1) is 12.9. The Morgan fingerprint density at radius 1 is 0.950 bits per heavy atom. The largest absolute Gasteiger partial charge is 0.497 e. The first-order chi connectivity index (χ1) is 9.71. The molecular formula is C16H14ClNO2. The molecule has 3 nitrogen and oxygen atoms in total. The van der Waals surface area contributed by atoms with Crippen LogP contribution in [0.25, 0.3) is 22.2 Å². The zero-order valence-electron chi connectivity index (χ0n) is 11.2. The molecule has 0 fully saturated rings. The second kappa shape index (κ2) is 5.10. The molecule has 0 radical (unpaired) electrons. The van der Waals surface area contributed by atoms with Crippen molar-refractivity contribution in [3.05, 3.63) is 47.5 Å². The predicted octanol–water partition coefficient (Wildman–Crippen LogP) is 4.51. The first-order valence-corrected chi connectivity index (χ1v) is 6.60. The molecule has 1 aromatic heterocycles. The summed E-state index contributed by atoms with van der Waals surface area (Å²) in [6.07, 6.45) is 0. The molecule has 0 bridgehead atoms. The van der Waals surface area contributed by atoms with Gasteiger partial charge in [0.2, 0.25) is 0 Å². The number of H-pyrrole nitrogens is 1. The number of aromatic amines is 1. The topological polar surface area (TPSA) is 34.2 Å². The molecule has 0 amide bonds. The van der Waals surface area contributed by atoms with Crippen molar-refractivity contribution in [2.24, 2.45) is 0 Å². The van der Waals surface area contributed by atoms with Crippen LogP contribution in [0, 0.1) is 0 Å². The van der Waals surface area contributed by atoms with Crippen molar-refractivity contribution in [2.75, 3.05) is 14.2 Å². The van der Waals surface area contributed by atoms with E-state index in [2.05, 4.69) is 11.1 Å². The molecule has 102 valence electrons. The van der Waals surface area contributed by atoms with Gasteiger partial charge in [-0.2, -0.15) is 0 Å². The van der Waals surface area contributed by atoms with Crippen LogP contribution in [-0.4, -0.2) is 19.2 Å². The van der Waals surface area contributed by atoms with Crippen LogP contribution in [0.1, 0.15) is 0 Å². The summed E-state index contributed by atoms with van der Waals surface area (Å²) in [5.74, 6) is 1.51. The van der Waals surface area contributed by atoms with Gasteiger partial charge in [0.1, 0.15) is 11.5 Å². The molecule has 0 saturated carbocycles. The molecule has 1 heterocycles. The normalized spacial score (nSPS) is 10.8. The van der Waals surface area contributed by atoms with Crippen molar-refractivity contribution in [1.29, 1.82) is 0 Å². The highest BCUT2D eigenvalue weighted by molar-refractivity contribution is 6.35. The monoisotopic (exact) mass is 287 g/mol. The summed E-state index contributed by atoms with van der Waals surface area (Å²) in [6, 6.07) is 13.7. The van der Waals surface area contributed by atoms with Gasteiger partial charge in [-0.1, -0.05) is 23.7 Å². The molecule has 0 aliphatic rings. The highest BCUT2D eigenvalue weighted by atomic mass is 35.5. The van der Waals surface area contributed by atoms with E-state index >= 15 is 0 Å². The predicted molar refractivity (Wildman–Crippen MR) is 81.8 cm³/mol. The summed E-state index contributed by atoms with van der Waals surface area (Å²) in [6.45, 7) is 0. The minimum atomic E-state index is 0.712. The van der Waals surface area contributed by atoms with E-state index in [1.165, 1.54) is 0 Å². The number of hydrogen-bond acceptors (Lipinski definition) is 2. The summed E-state index contributed by atoms with van der Waals surface area (Å²) in [5.41, 5.74) is 2.91. The molecule has 1 N–H and O–H groups in total. The van der Waals surface area contributed by atoms with Gasteiger partial charge in [-0.3, -0.25) is 0 Å². The second-order valence-electron chi connectivity index (χ2n) is 4.49. The lowest BCUT2D eigenvalue weighted by Crippen LogP contribution is -1.88. The van der Waals surface area contributed by atoms with E-state index in [4.69, 9.17) is 21.1 Å². The van der Waals surface area contributed by atoms with Crippen molar-refractivity contribution < 1.29 is 9.47 Å². The van der Waals surface area contributed by atoms with Gasteiger partial charge in [-0.25, -0.2) is 0 Å². The fourth-order valence-corrected chi connectivity index (χ4v) is 2.47. The standard InChI is InChI=1S/C16H14ClNO2/c1-19-12-6-11(7-13(9-12)20-2)15-8-10-4-3-5-14(17)16(10)18-15/h3-9,18H,1-2H3. The van der Waals surface area contributed by atoms with Gasteiger partial charge in [-0.15, -0.1) is 0 Å². The van der Waals surface area contributed by atoms with Gasteiger partial charge in [0, 0.05) is 22.7 Å². The number of nitrogens with one attached hydrogen (secondary N) is 1. The second-order valence-corrected chi connectivity index (χ2v) is 4.90. The van der Waals surface area contributed by atoms with E-state index in [0.717, 1.165) is 33.7 Å². The number of halogens is 1. The summed E-state index contributed by atoms with van der Waals surface area (Å²) in [7, 11) is 3.28. The van der Waals surface area contributed by atoms with E-state index in [-0.39, 0.29) is 0 Å². The highest BCUT2D eigenvalue weighted by Gasteiger charge is 2.08. The maximum atomic E-state index is 6.19. The Morgan fingerprint density at radius 3 is 2.25 bits per heavy atom. The van der Waals surface area contributed by atoms with Crippen molar-refractivity contribution in [3.63, 3.8) is 0 Å². The summed E-state index contributed by atoms with van der Waals surface area (Å²) >= 11 is 6.19. The Balaban J connectivity index is 2.17. The lowest BCUT2D eigenvalue weighted by molar-refractivity contribution is 0.394. The summed E-state index contributed by atoms with van der Waals surface area (Å²) in [4.78, 5) is 3.34. The molecule has 0 saturated heterocycles. The number of aromatic nitrogens is 1. The van der Waals surface area contributed by atoms with E-state index in [9.17, 15) is 0 Å². The lowest BCUT2D eigenvalue weighted by Gasteiger charge is -2.07. The fraction of sp³-hybridized carbons (Fsp3) is 0.125. The lowest BCUT2D eigenvalue weighted by atomic mass is 10.1. The Hall–Kier alpha value is -2.13. The average Bonchev–Trinajstić information content (AvgIpc) is 2.92. The maximum Gasteiger partial charge on any atom is 0.123 e. The Kier molecular flexibility index (Phi) is 3.28. The van der Waals surface area contributed by atoms with Gasteiger partial charge < -0.3 is 14.5 Å². The number of benzene rings is 2. The minimum Gasteiger partial charge on any atom is -0.497 e. The van der Waals surface area contributed by atoms with Crippen LogP contribution >= 0.6 is 11.6 Å².